The average Bonchev–Trinajstić information content (AvgIpc) is 3.53. The van der Waals surface area contributed by atoms with Gasteiger partial charge in [0, 0.05) is 47.8 Å². The van der Waals surface area contributed by atoms with E-state index in [4.69, 9.17) is 9.97 Å². The summed E-state index contributed by atoms with van der Waals surface area (Å²) in [4.78, 5) is 15.5. The van der Waals surface area contributed by atoms with Crippen LogP contribution in [-0.2, 0) is 6.42 Å². The highest BCUT2D eigenvalue weighted by Crippen LogP contribution is 2.53. The largest absolute Gasteiger partial charge is 0.308 e. The van der Waals surface area contributed by atoms with Gasteiger partial charge in [0.2, 0.25) is 0 Å². The molecule has 0 saturated carbocycles. The molecule has 0 atom stereocenters. The lowest BCUT2D eigenvalue weighted by molar-refractivity contribution is 0.982. The number of hydrogen-bond donors (Lipinski definition) is 0. The number of aromatic nitrogens is 3. The second-order valence-corrected chi connectivity index (χ2v) is 14.6. The molecule has 3 heterocycles. The molecular formula is C44H29N3S2. The van der Waals surface area contributed by atoms with Crippen LogP contribution < -0.4 is 0 Å². The molecule has 0 unspecified atom stereocenters. The topological polar surface area (TPSA) is 30.7 Å². The summed E-state index contributed by atoms with van der Waals surface area (Å²) >= 11 is 3.77. The highest BCUT2D eigenvalue weighted by molar-refractivity contribution is 8.05. The molecule has 2 aromatic heterocycles. The zero-order valence-corrected chi connectivity index (χ0v) is 28.1. The monoisotopic (exact) mass is 663 g/mol. The van der Waals surface area contributed by atoms with E-state index in [1.54, 1.807) is 0 Å². The van der Waals surface area contributed by atoms with Gasteiger partial charge >= 0.3 is 0 Å². The number of allylic oxidation sites excluding steroid dienone is 1. The van der Waals surface area contributed by atoms with E-state index in [2.05, 4.69) is 132 Å². The Bertz CT molecular complexity index is 2550. The summed E-state index contributed by atoms with van der Waals surface area (Å²) in [6, 6.07) is 49.8. The summed E-state index contributed by atoms with van der Waals surface area (Å²) in [5, 5.41) is 2.60. The predicted molar refractivity (Wildman–Crippen MR) is 205 cm³/mol. The number of rotatable bonds is 4. The Morgan fingerprint density at radius 1 is 0.531 bits per heavy atom. The molecule has 2 aliphatic rings. The van der Waals surface area contributed by atoms with Crippen molar-refractivity contribution in [1.29, 1.82) is 0 Å². The van der Waals surface area contributed by atoms with Gasteiger partial charge < -0.3 is 4.57 Å². The van der Waals surface area contributed by atoms with E-state index in [1.807, 2.05) is 47.8 Å². The Kier molecular flexibility index (Phi) is 6.81. The lowest BCUT2D eigenvalue weighted by Crippen LogP contribution is -2.03. The van der Waals surface area contributed by atoms with Gasteiger partial charge in [0.25, 0.3) is 0 Å². The SMILES string of the molecule is C1=Cc2ccc3c4ccc5c(c4n(-c4cccc(-c6cc(-c7ccccc7)nc(-c7ccccc7)n6)c4)c3c2CC1)Sc1ccccc1S5. The van der Waals surface area contributed by atoms with Gasteiger partial charge in [-0.25, -0.2) is 9.97 Å². The van der Waals surface area contributed by atoms with Gasteiger partial charge in [-0.2, -0.15) is 0 Å². The van der Waals surface area contributed by atoms with E-state index in [0.29, 0.717) is 0 Å². The molecule has 6 aromatic carbocycles. The van der Waals surface area contributed by atoms with Crippen molar-refractivity contribution in [2.75, 3.05) is 0 Å². The number of nitrogens with zero attached hydrogens (tertiary/aromatic N) is 3. The number of fused-ring (bicyclic) bond motifs is 8. The quantitative estimate of drug-likeness (QED) is 0.187. The van der Waals surface area contributed by atoms with Crippen molar-refractivity contribution in [3.8, 4) is 39.6 Å². The lowest BCUT2D eigenvalue weighted by atomic mass is 9.94. The van der Waals surface area contributed by atoms with E-state index >= 15 is 0 Å². The fraction of sp³-hybridized carbons (Fsp3) is 0.0455. The fourth-order valence-electron chi connectivity index (χ4n) is 7.24. The molecule has 0 radical (unpaired) electrons. The van der Waals surface area contributed by atoms with Crippen LogP contribution in [0.2, 0.25) is 0 Å². The Morgan fingerprint density at radius 3 is 2.02 bits per heavy atom. The standard InChI is InChI=1S/C44H29N3S2/c1-3-13-29(14-4-1)36-27-37(46-44(45-36)30-15-5-2-6-16-30)31-17-11-18-32(26-31)47-41-33-19-8-7-12-28(33)22-23-34(41)35-24-25-40-43(42(35)47)49-39-21-10-9-20-38(39)48-40/h1-7,9-18,20-27H,8,19H2. The zero-order valence-electron chi connectivity index (χ0n) is 26.5. The summed E-state index contributed by atoms with van der Waals surface area (Å²) in [5.41, 5.74) is 11.4. The van der Waals surface area contributed by atoms with Crippen LogP contribution in [0.1, 0.15) is 17.5 Å². The van der Waals surface area contributed by atoms with Crippen LogP contribution >= 0.6 is 23.5 Å². The van der Waals surface area contributed by atoms with Crippen LogP contribution in [0.3, 0.4) is 0 Å². The average molecular weight is 664 g/mol. The Morgan fingerprint density at radius 2 is 1.20 bits per heavy atom. The van der Waals surface area contributed by atoms with Crippen LogP contribution in [-0.4, -0.2) is 14.5 Å². The molecule has 0 spiro atoms. The van der Waals surface area contributed by atoms with Crippen molar-refractivity contribution in [2.45, 2.75) is 32.4 Å². The van der Waals surface area contributed by atoms with Gasteiger partial charge in [-0.15, -0.1) is 0 Å². The number of benzene rings is 6. The third-order valence-corrected chi connectivity index (χ3v) is 12.1. The normalized spacial score (nSPS) is 13.3. The summed E-state index contributed by atoms with van der Waals surface area (Å²) < 4.78 is 2.55. The minimum absolute atomic E-state index is 0.723. The van der Waals surface area contributed by atoms with Gasteiger partial charge in [-0.1, -0.05) is 139 Å². The van der Waals surface area contributed by atoms with Crippen molar-refractivity contribution in [1.82, 2.24) is 14.5 Å². The van der Waals surface area contributed by atoms with Crippen LogP contribution in [0.15, 0.2) is 165 Å². The summed E-state index contributed by atoms with van der Waals surface area (Å²) in [6.45, 7) is 0. The summed E-state index contributed by atoms with van der Waals surface area (Å²) in [7, 11) is 0. The molecule has 0 bridgehead atoms. The molecular weight excluding hydrogens is 635 g/mol. The predicted octanol–water partition coefficient (Wildman–Crippen LogP) is 12.1. The minimum Gasteiger partial charge on any atom is -0.308 e. The Hall–Kier alpha value is -5.36. The molecule has 10 rings (SSSR count). The third kappa shape index (κ3) is 4.84. The molecule has 5 heteroatoms. The van der Waals surface area contributed by atoms with Gasteiger partial charge in [-0.3, -0.25) is 0 Å². The van der Waals surface area contributed by atoms with Crippen molar-refractivity contribution >= 4 is 51.4 Å². The van der Waals surface area contributed by atoms with Crippen LogP contribution in [0.5, 0.6) is 0 Å². The van der Waals surface area contributed by atoms with E-state index in [-0.39, 0.29) is 0 Å². The van der Waals surface area contributed by atoms with Crippen molar-refractivity contribution < 1.29 is 0 Å². The maximum absolute atomic E-state index is 5.18. The second-order valence-electron chi connectivity index (χ2n) is 12.5. The van der Waals surface area contributed by atoms with E-state index in [1.165, 1.54) is 52.5 Å². The lowest BCUT2D eigenvalue weighted by Gasteiger charge is -2.21. The highest BCUT2D eigenvalue weighted by Gasteiger charge is 2.26. The van der Waals surface area contributed by atoms with E-state index in [9.17, 15) is 0 Å². The first-order valence-electron chi connectivity index (χ1n) is 16.6. The molecule has 8 aromatic rings. The van der Waals surface area contributed by atoms with Crippen molar-refractivity contribution in [3.63, 3.8) is 0 Å². The Labute approximate surface area is 293 Å². The second kappa shape index (κ2) is 11.7. The minimum atomic E-state index is 0.723. The first-order valence-corrected chi connectivity index (χ1v) is 18.3. The van der Waals surface area contributed by atoms with Crippen molar-refractivity contribution in [2.24, 2.45) is 0 Å². The molecule has 1 aliphatic heterocycles. The maximum Gasteiger partial charge on any atom is 0.160 e. The van der Waals surface area contributed by atoms with Gasteiger partial charge in [0.05, 0.1) is 27.3 Å². The van der Waals surface area contributed by atoms with Crippen LogP contribution in [0, 0.1) is 0 Å². The molecule has 0 saturated heterocycles. The number of aryl methyl sites for hydroxylation is 1. The Balaban J connectivity index is 1.23. The number of hydrogen-bond acceptors (Lipinski definition) is 4. The molecule has 0 amide bonds. The molecule has 49 heavy (non-hydrogen) atoms. The van der Waals surface area contributed by atoms with Gasteiger partial charge in [-0.05, 0) is 60.4 Å². The summed E-state index contributed by atoms with van der Waals surface area (Å²) in [5.74, 6) is 0.723. The molecule has 0 N–H and O–H groups in total. The maximum atomic E-state index is 5.18. The zero-order chi connectivity index (χ0) is 32.3. The van der Waals surface area contributed by atoms with Gasteiger partial charge in [0.15, 0.2) is 5.82 Å². The summed E-state index contributed by atoms with van der Waals surface area (Å²) in [6.07, 6.45) is 6.68. The third-order valence-electron chi connectivity index (χ3n) is 9.52. The molecule has 0 fully saturated rings. The van der Waals surface area contributed by atoms with Crippen LogP contribution in [0.25, 0.3) is 67.5 Å². The highest BCUT2D eigenvalue weighted by atomic mass is 32.2. The first kappa shape index (κ1) is 28.6. The van der Waals surface area contributed by atoms with Crippen molar-refractivity contribution in [3.05, 3.63) is 157 Å². The van der Waals surface area contributed by atoms with Gasteiger partial charge in [0.1, 0.15) is 0 Å². The molecule has 1 aliphatic carbocycles. The first-order chi connectivity index (χ1) is 24.3. The van der Waals surface area contributed by atoms with E-state index in [0.717, 1.165) is 52.4 Å². The van der Waals surface area contributed by atoms with Crippen LogP contribution in [0.4, 0.5) is 0 Å². The fourth-order valence-corrected chi connectivity index (χ4v) is 9.62. The molecule has 232 valence electrons. The smallest absolute Gasteiger partial charge is 0.160 e. The molecule has 3 nitrogen and oxygen atoms in total. The van der Waals surface area contributed by atoms with E-state index < -0.39 is 0 Å².